The number of nitrogens with zero attached hydrogens (tertiary/aromatic N) is 1. The lowest BCUT2D eigenvalue weighted by Crippen LogP contribution is -2.49. The first kappa shape index (κ1) is 33.0. The molecule has 0 saturated carbocycles. The monoisotopic (exact) mass is 523 g/mol. The highest BCUT2D eigenvalue weighted by atomic mass is 16.5. The third-order valence-electron chi connectivity index (χ3n) is 6.41. The summed E-state index contributed by atoms with van der Waals surface area (Å²) in [5, 5.41) is 13.6. The van der Waals surface area contributed by atoms with E-state index in [1.807, 2.05) is 17.0 Å². The Labute approximate surface area is 225 Å². The average Bonchev–Trinajstić information content (AvgIpc) is 2.83. The van der Waals surface area contributed by atoms with Crippen LogP contribution in [0.5, 0.6) is 11.5 Å². The molecule has 0 aliphatic carbocycles. The second-order valence-electron chi connectivity index (χ2n) is 11.2. The molecule has 3 atom stereocenters. The van der Waals surface area contributed by atoms with Gasteiger partial charge in [0.2, 0.25) is 0 Å². The van der Waals surface area contributed by atoms with Gasteiger partial charge >= 0.3 is 6.03 Å². The molecule has 0 aliphatic rings. The lowest BCUT2D eigenvalue weighted by atomic mass is 9.83. The summed E-state index contributed by atoms with van der Waals surface area (Å²) in [4.78, 5) is 14.6. The van der Waals surface area contributed by atoms with Gasteiger partial charge in [0, 0.05) is 45.8 Å². The third-order valence-corrected chi connectivity index (χ3v) is 6.41. The highest BCUT2D eigenvalue weighted by Crippen LogP contribution is 2.31. The highest BCUT2D eigenvalue weighted by molar-refractivity contribution is 5.74. The van der Waals surface area contributed by atoms with E-state index in [0.29, 0.717) is 56.2 Å². The number of nitrogens with one attached hydrogen (secondary N) is 1. The Balaban J connectivity index is 2.75. The smallest absolute Gasteiger partial charge is 0.317 e. The van der Waals surface area contributed by atoms with Crippen molar-refractivity contribution in [2.24, 2.45) is 29.4 Å². The molecule has 0 aliphatic heterocycles. The van der Waals surface area contributed by atoms with Crippen LogP contribution in [-0.2, 0) is 11.2 Å². The Morgan fingerprint density at radius 3 is 2.22 bits per heavy atom. The van der Waals surface area contributed by atoms with Gasteiger partial charge in [-0.2, -0.15) is 0 Å². The van der Waals surface area contributed by atoms with Crippen molar-refractivity contribution in [3.05, 3.63) is 23.8 Å². The summed E-state index contributed by atoms with van der Waals surface area (Å²) in [6.07, 6.45) is 1.43. The number of aliphatic hydroxyl groups excluding tert-OH is 1. The van der Waals surface area contributed by atoms with Crippen molar-refractivity contribution in [3.8, 4) is 11.5 Å². The molecule has 1 aromatic rings. The SMILES string of the molecule is COCCCOc1cc(CC(CC(N)C(O)CNC(=O)N(CC(C)C)CC(C)C)C(C)C)ccc1OC. The van der Waals surface area contributed by atoms with Gasteiger partial charge in [-0.25, -0.2) is 4.79 Å². The van der Waals surface area contributed by atoms with Gasteiger partial charge in [0.15, 0.2) is 11.5 Å². The third kappa shape index (κ3) is 12.9. The lowest BCUT2D eigenvalue weighted by Gasteiger charge is -2.29. The lowest BCUT2D eigenvalue weighted by molar-refractivity contribution is 0.120. The molecule has 2 amide bonds. The highest BCUT2D eigenvalue weighted by Gasteiger charge is 2.24. The topological polar surface area (TPSA) is 106 Å². The second kappa shape index (κ2) is 17.5. The van der Waals surface area contributed by atoms with Crippen molar-refractivity contribution in [3.63, 3.8) is 0 Å². The molecule has 214 valence electrons. The molecular weight excluding hydrogens is 470 g/mol. The number of ether oxygens (including phenoxy) is 3. The molecule has 0 fully saturated rings. The minimum absolute atomic E-state index is 0.138. The minimum atomic E-state index is -0.819. The van der Waals surface area contributed by atoms with Crippen LogP contribution in [0.15, 0.2) is 18.2 Å². The van der Waals surface area contributed by atoms with Gasteiger partial charge in [-0.1, -0.05) is 47.6 Å². The van der Waals surface area contributed by atoms with E-state index in [9.17, 15) is 9.90 Å². The summed E-state index contributed by atoms with van der Waals surface area (Å²) >= 11 is 0. The number of amides is 2. The molecule has 0 aromatic heterocycles. The molecule has 0 bridgehead atoms. The number of hydrogen-bond acceptors (Lipinski definition) is 6. The van der Waals surface area contributed by atoms with Crippen molar-refractivity contribution in [2.75, 3.05) is 47.1 Å². The van der Waals surface area contributed by atoms with Crippen molar-refractivity contribution in [1.29, 1.82) is 0 Å². The summed E-state index contributed by atoms with van der Waals surface area (Å²) in [5.74, 6) is 2.80. The van der Waals surface area contributed by atoms with E-state index in [2.05, 4.69) is 52.9 Å². The van der Waals surface area contributed by atoms with Gasteiger partial charge in [0.05, 0.1) is 19.8 Å². The molecule has 0 spiro atoms. The summed E-state index contributed by atoms with van der Waals surface area (Å²) in [6, 6.07) is 5.42. The van der Waals surface area contributed by atoms with Crippen LogP contribution < -0.4 is 20.5 Å². The average molecular weight is 524 g/mol. The Morgan fingerprint density at radius 2 is 1.68 bits per heavy atom. The van der Waals surface area contributed by atoms with Crippen molar-refractivity contribution in [2.45, 2.75) is 73.0 Å². The van der Waals surface area contributed by atoms with Crippen LogP contribution >= 0.6 is 0 Å². The molecule has 8 nitrogen and oxygen atoms in total. The van der Waals surface area contributed by atoms with Crippen molar-refractivity contribution in [1.82, 2.24) is 10.2 Å². The standard InChI is InChI=1S/C29H53N3O5/c1-20(2)18-32(19-21(3)4)29(34)31-17-26(33)25(30)16-24(22(5)6)14-23-10-11-27(36-8)28(15-23)37-13-9-12-35-7/h10-11,15,20-22,24-26,33H,9,12-14,16-19,30H2,1-8H3,(H,31,34). The molecule has 0 heterocycles. The van der Waals surface area contributed by atoms with Crippen LogP contribution in [0, 0.1) is 23.7 Å². The Morgan fingerprint density at radius 1 is 1.03 bits per heavy atom. The normalized spacial score (nSPS) is 14.1. The maximum Gasteiger partial charge on any atom is 0.317 e. The maximum atomic E-state index is 12.7. The molecule has 0 saturated heterocycles. The number of rotatable bonds is 18. The number of methoxy groups -OCH3 is 2. The fraction of sp³-hybridized carbons (Fsp3) is 0.759. The minimum Gasteiger partial charge on any atom is -0.493 e. The number of carbonyl (C=O) groups excluding carboxylic acids is 1. The molecule has 0 radical (unpaired) electrons. The zero-order valence-electron chi connectivity index (χ0n) is 24.5. The Kier molecular flexibility index (Phi) is 15.6. The summed E-state index contributed by atoms with van der Waals surface area (Å²) in [5.41, 5.74) is 7.57. The zero-order valence-corrected chi connectivity index (χ0v) is 24.5. The fourth-order valence-corrected chi connectivity index (χ4v) is 4.32. The molecule has 3 unspecified atom stereocenters. The van der Waals surface area contributed by atoms with E-state index in [0.717, 1.165) is 24.2 Å². The predicted molar refractivity (Wildman–Crippen MR) is 150 cm³/mol. The van der Waals surface area contributed by atoms with Crippen molar-refractivity contribution >= 4 is 6.03 Å². The summed E-state index contributed by atoms with van der Waals surface area (Å²) < 4.78 is 16.5. The maximum absolute atomic E-state index is 12.7. The van der Waals surface area contributed by atoms with Gasteiger partial charge in [0.1, 0.15) is 0 Å². The van der Waals surface area contributed by atoms with Gasteiger partial charge in [-0.15, -0.1) is 0 Å². The van der Waals surface area contributed by atoms with Crippen molar-refractivity contribution < 1.29 is 24.1 Å². The number of hydrogen-bond donors (Lipinski definition) is 3. The molecule has 1 rings (SSSR count). The summed E-state index contributed by atoms with van der Waals surface area (Å²) in [6.45, 7) is 15.4. The number of carbonyl (C=O) groups is 1. The van der Waals surface area contributed by atoms with E-state index < -0.39 is 12.1 Å². The van der Waals surface area contributed by atoms with Gasteiger partial charge in [-0.3, -0.25) is 0 Å². The van der Waals surface area contributed by atoms with E-state index in [-0.39, 0.29) is 18.5 Å². The quantitative estimate of drug-likeness (QED) is 0.247. The van der Waals surface area contributed by atoms with Crippen LogP contribution in [0.2, 0.25) is 0 Å². The molecule has 37 heavy (non-hydrogen) atoms. The number of benzene rings is 1. The fourth-order valence-electron chi connectivity index (χ4n) is 4.32. The predicted octanol–water partition coefficient (Wildman–Crippen LogP) is 4.33. The first-order valence-corrected chi connectivity index (χ1v) is 13.7. The van der Waals surface area contributed by atoms with Crippen LogP contribution in [-0.4, -0.2) is 75.3 Å². The van der Waals surface area contributed by atoms with E-state index in [1.54, 1.807) is 14.2 Å². The molecular formula is C29H53N3O5. The van der Waals surface area contributed by atoms with Crippen LogP contribution in [0.25, 0.3) is 0 Å². The molecule has 4 N–H and O–H groups in total. The van der Waals surface area contributed by atoms with Gasteiger partial charge in [-0.05, 0) is 54.2 Å². The Bertz CT molecular complexity index is 762. The summed E-state index contributed by atoms with van der Waals surface area (Å²) in [7, 11) is 3.31. The van der Waals surface area contributed by atoms with Crippen LogP contribution in [0.1, 0.15) is 59.9 Å². The number of nitrogens with two attached hydrogens (primary N) is 1. The number of aliphatic hydroxyl groups is 1. The van der Waals surface area contributed by atoms with E-state index in [4.69, 9.17) is 19.9 Å². The van der Waals surface area contributed by atoms with E-state index in [1.165, 1.54) is 0 Å². The van der Waals surface area contributed by atoms with Gasteiger partial charge < -0.3 is 35.3 Å². The Hall–Kier alpha value is -2.03. The molecule has 8 heteroatoms. The van der Waals surface area contributed by atoms with Gasteiger partial charge in [0.25, 0.3) is 0 Å². The van der Waals surface area contributed by atoms with E-state index >= 15 is 0 Å². The zero-order chi connectivity index (χ0) is 28.0. The molecule has 1 aromatic carbocycles. The number of urea groups is 1. The second-order valence-corrected chi connectivity index (χ2v) is 11.2. The largest absolute Gasteiger partial charge is 0.493 e. The first-order valence-electron chi connectivity index (χ1n) is 13.7. The van der Waals surface area contributed by atoms with Crippen LogP contribution in [0.4, 0.5) is 4.79 Å². The first-order chi connectivity index (χ1) is 17.5. The van der Waals surface area contributed by atoms with Crippen LogP contribution in [0.3, 0.4) is 0 Å².